The van der Waals surface area contributed by atoms with E-state index in [4.69, 9.17) is 15.2 Å². The lowest BCUT2D eigenvalue weighted by Crippen LogP contribution is -2.47. The molecule has 1 aliphatic rings. The molecule has 3 N–H and O–H groups in total. The number of carboxylic acid groups (broad SMARTS) is 1. The summed E-state index contributed by atoms with van der Waals surface area (Å²) >= 11 is 0. The molecule has 6 nitrogen and oxygen atoms in total. The summed E-state index contributed by atoms with van der Waals surface area (Å²) in [6.45, 7) is 0.274. The molecule has 6 heteroatoms. The first-order chi connectivity index (χ1) is 6.72. The molecular weight excluding hydrogens is 186 g/mol. The maximum absolute atomic E-state index is 10.1. The van der Waals surface area contributed by atoms with Crippen molar-refractivity contribution in [3.8, 4) is 6.07 Å². The molecule has 0 saturated carbocycles. The van der Waals surface area contributed by atoms with Gasteiger partial charge in [0.15, 0.2) is 6.61 Å². The zero-order valence-corrected chi connectivity index (χ0v) is 7.69. The third kappa shape index (κ3) is 3.70. The van der Waals surface area contributed by atoms with Crippen molar-refractivity contribution in [3.05, 3.63) is 0 Å². The largest absolute Gasteiger partial charge is 0.479 e. The number of nitrogens with one attached hydrogen (secondary N) is 2. The molecule has 0 spiro atoms. The number of hydrogen-bond acceptors (Lipinski definition) is 5. The van der Waals surface area contributed by atoms with Crippen LogP contribution in [-0.4, -0.2) is 36.3 Å². The van der Waals surface area contributed by atoms with Crippen LogP contribution in [0.5, 0.6) is 0 Å². The number of rotatable bonds is 4. The molecule has 0 aromatic carbocycles. The number of nitrogens with zero attached hydrogens (tertiary/aromatic N) is 1. The fourth-order valence-electron chi connectivity index (χ4n) is 1.29. The van der Waals surface area contributed by atoms with Crippen molar-refractivity contribution in [2.45, 2.75) is 24.9 Å². The Kier molecular flexibility index (Phi) is 4.32. The minimum absolute atomic E-state index is 0.0824. The molecule has 78 valence electrons. The van der Waals surface area contributed by atoms with Gasteiger partial charge in [0.25, 0.3) is 0 Å². The number of hydrogen-bond donors (Lipinski definition) is 3. The van der Waals surface area contributed by atoms with Gasteiger partial charge in [0.05, 0.1) is 12.1 Å². The van der Waals surface area contributed by atoms with Gasteiger partial charge < -0.3 is 10.4 Å². The smallest absolute Gasteiger partial charge is 0.331 e. The summed E-state index contributed by atoms with van der Waals surface area (Å²) in [5, 5.41) is 19.9. The normalized spacial score (nSPS) is 26.8. The summed E-state index contributed by atoms with van der Waals surface area (Å²) in [4.78, 5) is 14.8. The number of aliphatic carboxylic acids is 1. The van der Waals surface area contributed by atoms with Crippen LogP contribution in [0.4, 0.5) is 0 Å². The molecule has 14 heavy (non-hydrogen) atoms. The van der Waals surface area contributed by atoms with E-state index in [0.717, 1.165) is 12.8 Å². The summed E-state index contributed by atoms with van der Waals surface area (Å²) in [7, 11) is 0. The SMILES string of the molecule is N#C[C@H]1CC[C@@H](NOCC(=O)O)CN1. The minimum atomic E-state index is -1.00. The van der Waals surface area contributed by atoms with Crippen LogP contribution in [-0.2, 0) is 9.63 Å². The highest BCUT2D eigenvalue weighted by molar-refractivity contribution is 5.67. The van der Waals surface area contributed by atoms with Crippen LogP contribution in [0.1, 0.15) is 12.8 Å². The van der Waals surface area contributed by atoms with E-state index in [1.807, 2.05) is 0 Å². The van der Waals surface area contributed by atoms with E-state index in [0.29, 0.717) is 6.54 Å². The molecule has 0 unspecified atom stereocenters. The molecule has 0 aliphatic carbocycles. The maximum Gasteiger partial charge on any atom is 0.331 e. The van der Waals surface area contributed by atoms with E-state index in [1.54, 1.807) is 0 Å². The predicted octanol–water partition coefficient (Wildman–Crippen LogP) is -0.764. The van der Waals surface area contributed by atoms with E-state index in [2.05, 4.69) is 16.9 Å². The highest BCUT2D eigenvalue weighted by Crippen LogP contribution is 2.06. The van der Waals surface area contributed by atoms with Gasteiger partial charge in [-0.05, 0) is 12.8 Å². The van der Waals surface area contributed by atoms with Gasteiger partial charge in [-0.15, -0.1) is 0 Å². The highest BCUT2D eigenvalue weighted by atomic mass is 16.7. The van der Waals surface area contributed by atoms with Crippen molar-refractivity contribution < 1.29 is 14.7 Å². The van der Waals surface area contributed by atoms with Gasteiger partial charge in [0.1, 0.15) is 0 Å². The lowest BCUT2D eigenvalue weighted by Gasteiger charge is -2.26. The average molecular weight is 199 g/mol. The van der Waals surface area contributed by atoms with Crippen LogP contribution in [0.25, 0.3) is 0 Å². The van der Waals surface area contributed by atoms with E-state index in [1.165, 1.54) is 0 Å². The number of hydroxylamine groups is 1. The minimum Gasteiger partial charge on any atom is -0.479 e. The van der Waals surface area contributed by atoms with Crippen molar-refractivity contribution in [1.82, 2.24) is 10.8 Å². The summed E-state index contributed by atoms with van der Waals surface area (Å²) in [6, 6.07) is 2.12. The second-order valence-electron chi connectivity index (χ2n) is 3.16. The van der Waals surface area contributed by atoms with Crippen LogP contribution in [0.3, 0.4) is 0 Å². The zero-order chi connectivity index (χ0) is 10.4. The van der Waals surface area contributed by atoms with Gasteiger partial charge >= 0.3 is 5.97 Å². The standard InChI is InChI=1S/C8H13N3O3/c9-3-6-1-2-7(4-10-6)11-14-5-8(12)13/h6-7,10-11H,1-2,4-5H2,(H,12,13)/t6-,7-/m1/s1. The molecule has 0 bridgehead atoms. The molecule has 1 saturated heterocycles. The number of piperidine rings is 1. The fraction of sp³-hybridized carbons (Fsp3) is 0.750. The Balaban J connectivity index is 2.10. The van der Waals surface area contributed by atoms with Crippen LogP contribution >= 0.6 is 0 Å². The number of nitriles is 1. The van der Waals surface area contributed by atoms with Gasteiger partial charge in [-0.1, -0.05) is 0 Å². The quantitative estimate of drug-likeness (QED) is 0.515. The Morgan fingerprint density at radius 2 is 2.50 bits per heavy atom. The third-order valence-corrected chi connectivity index (χ3v) is 2.02. The monoisotopic (exact) mass is 199 g/mol. The van der Waals surface area contributed by atoms with Crippen molar-refractivity contribution in [3.63, 3.8) is 0 Å². The molecule has 1 heterocycles. The Morgan fingerprint density at radius 1 is 1.71 bits per heavy atom. The second-order valence-corrected chi connectivity index (χ2v) is 3.16. The van der Waals surface area contributed by atoms with E-state index >= 15 is 0 Å². The van der Waals surface area contributed by atoms with Gasteiger partial charge in [0.2, 0.25) is 0 Å². The summed E-state index contributed by atoms with van der Waals surface area (Å²) in [6.07, 6.45) is 1.56. The van der Waals surface area contributed by atoms with E-state index in [9.17, 15) is 4.79 Å². The topological polar surface area (TPSA) is 94.4 Å². The number of carbonyl (C=O) groups is 1. The zero-order valence-electron chi connectivity index (χ0n) is 7.69. The molecule has 1 fully saturated rings. The second kappa shape index (κ2) is 5.54. The fourth-order valence-corrected chi connectivity index (χ4v) is 1.29. The Bertz CT molecular complexity index is 230. The predicted molar refractivity (Wildman–Crippen MR) is 47.1 cm³/mol. The highest BCUT2D eigenvalue weighted by Gasteiger charge is 2.19. The maximum atomic E-state index is 10.1. The summed E-state index contributed by atoms with van der Waals surface area (Å²) < 4.78 is 0. The number of carboxylic acids is 1. The summed E-state index contributed by atoms with van der Waals surface area (Å²) in [5.74, 6) is -1.00. The van der Waals surface area contributed by atoms with Gasteiger partial charge in [-0.25, -0.2) is 4.79 Å². The van der Waals surface area contributed by atoms with Crippen LogP contribution in [0.2, 0.25) is 0 Å². The molecule has 2 atom stereocenters. The summed E-state index contributed by atoms with van der Waals surface area (Å²) in [5.41, 5.74) is 2.64. The molecule has 0 radical (unpaired) electrons. The molecule has 0 aromatic rings. The Morgan fingerprint density at radius 3 is 3.00 bits per heavy atom. The van der Waals surface area contributed by atoms with Crippen molar-refractivity contribution >= 4 is 5.97 Å². The lowest BCUT2D eigenvalue weighted by molar-refractivity contribution is -0.146. The first kappa shape index (κ1) is 10.9. The Labute approximate surface area is 81.8 Å². The molecule has 0 amide bonds. The van der Waals surface area contributed by atoms with Crippen molar-refractivity contribution in [2.75, 3.05) is 13.2 Å². The van der Waals surface area contributed by atoms with E-state index < -0.39 is 5.97 Å². The van der Waals surface area contributed by atoms with Crippen LogP contribution in [0.15, 0.2) is 0 Å². The van der Waals surface area contributed by atoms with E-state index in [-0.39, 0.29) is 18.7 Å². The first-order valence-electron chi connectivity index (χ1n) is 4.44. The lowest BCUT2D eigenvalue weighted by atomic mass is 10.0. The van der Waals surface area contributed by atoms with Gasteiger partial charge in [0, 0.05) is 12.6 Å². The van der Waals surface area contributed by atoms with Crippen LogP contribution < -0.4 is 10.8 Å². The van der Waals surface area contributed by atoms with Gasteiger partial charge in [-0.2, -0.15) is 10.7 Å². The molecule has 1 aliphatic heterocycles. The van der Waals surface area contributed by atoms with Crippen molar-refractivity contribution in [2.24, 2.45) is 0 Å². The van der Waals surface area contributed by atoms with Gasteiger partial charge in [-0.3, -0.25) is 4.84 Å². The molecule has 1 rings (SSSR count). The van der Waals surface area contributed by atoms with Crippen molar-refractivity contribution in [1.29, 1.82) is 5.26 Å². The van der Waals surface area contributed by atoms with Crippen LogP contribution in [0, 0.1) is 11.3 Å². The third-order valence-electron chi connectivity index (χ3n) is 2.02. The molecule has 0 aromatic heterocycles. The average Bonchev–Trinajstić information content (AvgIpc) is 2.18. The molecular formula is C8H13N3O3. The first-order valence-corrected chi connectivity index (χ1v) is 4.44. The Hall–Kier alpha value is -1.16.